The smallest absolute Gasteiger partial charge is 0.319 e. The van der Waals surface area contributed by atoms with Crippen LogP contribution in [-0.2, 0) is 32.5 Å². The summed E-state index contributed by atoms with van der Waals surface area (Å²) in [6.45, 7) is 1.69. The number of hydrogen-bond donors (Lipinski definition) is 1. The second kappa shape index (κ2) is 10.5. The van der Waals surface area contributed by atoms with Gasteiger partial charge in [-0.25, -0.2) is 18.9 Å². The minimum atomic E-state index is -0.584. The highest BCUT2D eigenvalue weighted by Crippen LogP contribution is 2.24. The zero-order chi connectivity index (χ0) is 28.7. The second-order valence-electron chi connectivity index (χ2n) is 9.22. The first-order valence-electron chi connectivity index (χ1n) is 12.3. The van der Waals surface area contributed by atoms with Gasteiger partial charge in [0.2, 0.25) is 5.91 Å². The number of amides is 1. The quantitative estimate of drug-likeness (QED) is 0.303. The average Bonchev–Trinajstić information content (AvgIpc) is 3.41. The Labute approximate surface area is 231 Å². The molecule has 1 N–H and O–H groups in total. The molecule has 0 radical (unpaired) electrons. The molecule has 0 saturated carbocycles. The van der Waals surface area contributed by atoms with Crippen LogP contribution in [0.25, 0.3) is 16.9 Å². The minimum Gasteiger partial charge on any atom is -0.319 e. The van der Waals surface area contributed by atoms with Gasteiger partial charge in [0.25, 0.3) is 11.1 Å². The van der Waals surface area contributed by atoms with Gasteiger partial charge >= 0.3 is 5.69 Å². The summed E-state index contributed by atoms with van der Waals surface area (Å²) >= 11 is 1.01. The molecular weight excluding hydrogens is 537 g/mol. The Hall–Kier alpha value is -4.65. The molecule has 0 saturated heterocycles. The molecule has 5 rings (SSSR count). The topological polar surface area (TPSA) is 118 Å². The maximum atomic E-state index is 14.5. The highest BCUT2D eigenvalue weighted by Gasteiger charge is 2.22. The minimum absolute atomic E-state index is 0.0415. The summed E-state index contributed by atoms with van der Waals surface area (Å²) in [5, 5.41) is 2.95. The van der Waals surface area contributed by atoms with E-state index in [0.717, 1.165) is 16.3 Å². The molecule has 0 aliphatic rings. The van der Waals surface area contributed by atoms with Crippen molar-refractivity contribution < 1.29 is 9.18 Å². The van der Waals surface area contributed by atoms with Crippen LogP contribution in [0.4, 0.5) is 10.1 Å². The van der Waals surface area contributed by atoms with Crippen molar-refractivity contribution in [2.75, 3.05) is 11.1 Å². The zero-order valence-corrected chi connectivity index (χ0v) is 23.0. The predicted molar refractivity (Wildman–Crippen MR) is 151 cm³/mol. The van der Waals surface area contributed by atoms with Gasteiger partial charge in [0.05, 0.1) is 23.7 Å². The van der Waals surface area contributed by atoms with E-state index in [2.05, 4.69) is 10.3 Å². The number of benzene rings is 2. The maximum Gasteiger partial charge on any atom is 0.332 e. The SMILES string of the molecule is Cc1c(NC(=O)CSc2nc3c(c(=O)n(C)c(=O)n3C)n2Cc2ccccc2F)c(=O)n(-c2ccccc2)n1C. The molecule has 0 fully saturated rings. The van der Waals surface area contributed by atoms with E-state index >= 15 is 0 Å². The lowest BCUT2D eigenvalue weighted by atomic mass is 10.2. The summed E-state index contributed by atoms with van der Waals surface area (Å²) in [5.41, 5.74) is 0.390. The molecule has 0 aliphatic carbocycles. The molecule has 40 heavy (non-hydrogen) atoms. The standard InChI is InChI=1S/C27H26FN7O4S/c1-16-21(24(37)35(33(16)4)18-11-6-5-7-12-18)29-20(36)15-40-26-30-23-22(25(38)32(3)27(39)31(23)2)34(26)14-17-10-8-9-13-19(17)28/h5-13H,14-15H2,1-4H3,(H,29,36). The summed E-state index contributed by atoms with van der Waals surface area (Å²) in [7, 11) is 4.57. The van der Waals surface area contributed by atoms with Gasteiger partial charge in [0, 0.05) is 26.7 Å². The predicted octanol–water partition coefficient (Wildman–Crippen LogP) is 2.15. The van der Waals surface area contributed by atoms with Crippen LogP contribution in [0.3, 0.4) is 0 Å². The molecule has 13 heteroatoms. The highest BCUT2D eigenvalue weighted by molar-refractivity contribution is 7.99. The number of carbonyl (C=O) groups is 1. The van der Waals surface area contributed by atoms with Gasteiger partial charge in [-0.05, 0) is 25.1 Å². The number of imidazole rings is 1. The van der Waals surface area contributed by atoms with Crippen LogP contribution in [-0.4, -0.2) is 39.7 Å². The fourth-order valence-electron chi connectivity index (χ4n) is 4.50. The van der Waals surface area contributed by atoms with Crippen molar-refractivity contribution in [2.45, 2.75) is 18.6 Å². The molecular formula is C27H26FN7O4S. The number of carbonyl (C=O) groups excluding carboxylic acids is 1. The Morgan fingerprint density at radius 3 is 2.33 bits per heavy atom. The normalized spacial score (nSPS) is 11.3. The number of aromatic nitrogens is 6. The number of halogens is 1. The number of nitrogens with one attached hydrogen (secondary N) is 1. The summed E-state index contributed by atoms with van der Waals surface area (Å²) in [5.74, 6) is -1.09. The Kier molecular flexibility index (Phi) is 7.06. The van der Waals surface area contributed by atoms with Gasteiger partial charge in [-0.3, -0.25) is 28.2 Å². The monoisotopic (exact) mass is 563 g/mol. The Morgan fingerprint density at radius 1 is 0.950 bits per heavy atom. The third kappa shape index (κ3) is 4.57. The lowest BCUT2D eigenvalue weighted by Crippen LogP contribution is -2.37. The van der Waals surface area contributed by atoms with Crippen molar-refractivity contribution in [1.29, 1.82) is 0 Å². The first kappa shape index (κ1) is 26.9. The molecule has 1 amide bonds. The van der Waals surface area contributed by atoms with E-state index in [1.54, 1.807) is 49.0 Å². The van der Waals surface area contributed by atoms with E-state index in [9.17, 15) is 23.6 Å². The van der Waals surface area contributed by atoms with Crippen molar-refractivity contribution >= 4 is 34.5 Å². The second-order valence-corrected chi connectivity index (χ2v) is 10.2. The number of nitrogens with zero attached hydrogens (tertiary/aromatic N) is 6. The van der Waals surface area contributed by atoms with E-state index in [4.69, 9.17) is 0 Å². The number of fused-ring (bicyclic) bond motifs is 1. The van der Waals surface area contributed by atoms with Crippen molar-refractivity contribution in [3.05, 3.63) is 103 Å². The molecule has 3 aromatic heterocycles. The average molecular weight is 564 g/mol. The van der Waals surface area contributed by atoms with Crippen LogP contribution < -0.4 is 22.1 Å². The largest absolute Gasteiger partial charge is 0.332 e. The van der Waals surface area contributed by atoms with Gasteiger partial charge in [-0.1, -0.05) is 48.2 Å². The summed E-state index contributed by atoms with van der Waals surface area (Å²) in [6.07, 6.45) is 0. The first-order chi connectivity index (χ1) is 19.1. The third-order valence-corrected chi connectivity index (χ3v) is 7.73. The Balaban J connectivity index is 1.48. The lowest BCUT2D eigenvalue weighted by Gasteiger charge is -2.10. The Morgan fingerprint density at radius 2 is 1.62 bits per heavy atom. The van der Waals surface area contributed by atoms with Crippen LogP contribution in [0.5, 0.6) is 0 Å². The number of hydrogen-bond acceptors (Lipinski definition) is 6. The molecule has 0 bridgehead atoms. The molecule has 206 valence electrons. The van der Waals surface area contributed by atoms with Gasteiger partial charge < -0.3 is 9.88 Å². The third-order valence-electron chi connectivity index (χ3n) is 6.75. The summed E-state index contributed by atoms with van der Waals surface area (Å²) < 4.78 is 21.4. The van der Waals surface area contributed by atoms with Crippen LogP contribution in [0.1, 0.15) is 11.3 Å². The molecule has 0 atom stereocenters. The molecule has 11 nitrogen and oxygen atoms in total. The number of rotatable bonds is 7. The first-order valence-corrected chi connectivity index (χ1v) is 13.2. The van der Waals surface area contributed by atoms with Crippen LogP contribution in [0.15, 0.2) is 74.1 Å². The molecule has 0 aliphatic heterocycles. The highest BCUT2D eigenvalue weighted by atomic mass is 32.2. The fraction of sp³-hybridized carbons (Fsp3) is 0.222. The molecule has 0 unspecified atom stereocenters. The van der Waals surface area contributed by atoms with Crippen molar-refractivity contribution in [1.82, 2.24) is 28.0 Å². The molecule has 2 aromatic carbocycles. The number of para-hydroxylation sites is 1. The van der Waals surface area contributed by atoms with E-state index in [1.165, 1.54) is 34.0 Å². The van der Waals surface area contributed by atoms with Gasteiger partial charge in [-0.2, -0.15) is 0 Å². The number of aryl methyl sites for hydroxylation is 1. The molecule has 0 spiro atoms. The van der Waals surface area contributed by atoms with Crippen LogP contribution >= 0.6 is 11.8 Å². The fourth-order valence-corrected chi connectivity index (χ4v) is 5.29. The van der Waals surface area contributed by atoms with Crippen molar-refractivity contribution in [3.8, 4) is 5.69 Å². The van der Waals surface area contributed by atoms with Crippen molar-refractivity contribution in [3.63, 3.8) is 0 Å². The number of thioether (sulfide) groups is 1. The van der Waals surface area contributed by atoms with Crippen molar-refractivity contribution in [2.24, 2.45) is 21.1 Å². The molecule has 3 heterocycles. The van der Waals surface area contributed by atoms with Gasteiger partial charge in [0.1, 0.15) is 11.5 Å². The van der Waals surface area contributed by atoms with E-state index in [-0.39, 0.29) is 39.9 Å². The number of anilines is 1. The maximum absolute atomic E-state index is 14.5. The summed E-state index contributed by atoms with van der Waals surface area (Å²) in [6, 6.07) is 15.2. The van der Waals surface area contributed by atoms with Gasteiger partial charge in [0.15, 0.2) is 16.3 Å². The summed E-state index contributed by atoms with van der Waals surface area (Å²) in [4.78, 5) is 56.3. The van der Waals surface area contributed by atoms with E-state index in [0.29, 0.717) is 16.9 Å². The van der Waals surface area contributed by atoms with Gasteiger partial charge in [-0.15, -0.1) is 0 Å². The van der Waals surface area contributed by atoms with E-state index in [1.807, 2.05) is 18.2 Å². The van der Waals surface area contributed by atoms with E-state index < -0.39 is 23.0 Å². The Bertz CT molecular complexity index is 1950. The lowest BCUT2D eigenvalue weighted by molar-refractivity contribution is -0.113. The molecule has 5 aromatic rings. The van der Waals surface area contributed by atoms with Crippen LogP contribution in [0.2, 0.25) is 0 Å². The van der Waals surface area contributed by atoms with Crippen LogP contribution in [0, 0.1) is 12.7 Å². The zero-order valence-electron chi connectivity index (χ0n) is 22.2.